The normalized spacial score (nSPS) is 20.8. The fourth-order valence-electron chi connectivity index (χ4n) is 2.67. The Labute approximate surface area is 129 Å². The van der Waals surface area contributed by atoms with E-state index in [4.69, 9.17) is 0 Å². The van der Waals surface area contributed by atoms with Gasteiger partial charge in [0.15, 0.2) is 0 Å². The maximum absolute atomic E-state index is 4.54. The quantitative estimate of drug-likeness (QED) is 0.848. The fourth-order valence-corrected chi connectivity index (χ4v) is 2.67. The minimum atomic E-state index is 0.173. The molecule has 0 saturated carbocycles. The molecule has 1 saturated heterocycles. The van der Waals surface area contributed by atoms with Gasteiger partial charge in [-0.15, -0.1) is 0 Å². The molecule has 0 radical (unpaired) electrons. The summed E-state index contributed by atoms with van der Waals surface area (Å²) in [5.41, 5.74) is 2.51. The monoisotopic (exact) mass is 287 g/mol. The van der Waals surface area contributed by atoms with Gasteiger partial charge in [-0.3, -0.25) is 9.88 Å². The van der Waals surface area contributed by atoms with Crippen LogP contribution in [0.2, 0.25) is 0 Å². The summed E-state index contributed by atoms with van der Waals surface area (Å²) in [4.78, 5) is 9.37. The first-order chi connectivity index (χ1) is 9.86. The van der Waals surface area contributed by atoms with Crippen molar-refractivity contribution >= 4 is 6.08 Å². The molecule has 1 unspecified atom stereocenters. The molecular weight excluding hydrogens is 258 g/mol. The number of likely N-dealkylation sites (N-methyl/N-ethyl adjacent to an activating group) is 1. The smallest absolute Gasteiger partial charge is 0.0627 e. The number of rotatable bonds is 4. The van der Waals surface area contributed by atoms with Gasteiger partial charge in [0.05, 0.1) is 5.69 Å². The van der Waals surface area contributed by atoms with Gasteiger partial charge in [-0.2, -0.15) is 0 Å². The van der Waals surface area contributed by atoms with E-state index in [2.05, 4.69) is 73.9 Å². The Kier molecular flexibility index (Phi) is 5.17. The van der Waals surface area contributed by atoms with E-state index in [9.17, 15) is 0 Å². The van der Waals surface area contributed by atoms with Crippen molar-refractivity contribution in [3.63, 3.8) is 0 Å². The second-order valence-corrected chi connectivity index (χ2v) is 7.29. The topological polar surface area (TPSA) is 19.4 Å². The standard InChI is InChI=1S/C18H29N3/c1-18(2,3)15-8-9-16(19-13-15)7-6-11-21-12-10-17(14-21)20(4)5/h6-9,13,17H,10-12,14H2,1-5H3/b7-6+. The zero-order valence-electron chi connectivity index (χ0n) is 14.1. The lowest BCUT2D eigenvalue weighted by Crippen LogP contribution is -2.31. The highest BCUT2D eigenvalue weighted by molar-refractivity contribution is 5.45. The second kappa shape index (κ2) is 6.71. The molecule has 3 heteroatoms. The van der Waals surface area contributed by atoms with Crippen LogP contribution in [0.25, 0.3) is 6.08 Å². The van der Waals surface area contributed by atoms with Gasteiger partial charge in [0.2, 0.25) is 0 Å². The summed E-state index contributed by atoms with van der Waals surface area (Å²) < 4.78 is 0. The Hall–Kier alpha value is -1.19. The molecule has 3 nitrogen and oxygen atoms in total. The maximum Gasteiger partial charge on any atom is 0.0627 e. The summed E-state index contributed by atoms with van der Waals surface area (Å²) in [6.07, 6.45) is 7.64. The first-order valence-corrected chi connectivity index (χ1v) is 7.88. The zero-order chi connectivity index (χ0) is 15.5. The number of hydrogen-bond donors (Lipinski definition) is 0. The van der Waals surface area contributed by atoms with Gasteiger partial charge in [-0.1, -0.05) is 32.9 Å². The third-order valence-corrected chi connectivity index (χ3v) is 4.28. The first kappa shape index (κ1) is 16.2. The summed E-state index contributed by atoms with van der Waals surface area (Å²) >= 11 is 0. The van der Waals surface area contributed by atoms with Crippen LogP contribution in [0.1, 0.15) is 38.4 Å². The summed E-state index contributed by atoms with van der Waals surface area (Å²) in [5, 5.41) is 0. The molecule has 1 aromatic heterocycles. The van der Waals surface area contributed by atoms with Gasteiger partial charge < -0.3 is 4.90 Å². The molecule has 1 fully saturated rings. The Morgan fingerprint density at radius 2 is 2.10 bits per heavy atom. The molecule has 0 bridgehead atoms. The molecule has 21 heavy (non-hydrogen) atoms. The summed E-state index contributed by atoms with van der Waals surface area (Å²) in [6.45, 7) is 10.0. The van der Waals surface area contributed by atoms with Crippen molar-refractivity contribution in [2.24, 2.45) is 0 Å². The Balaban J connectivity index is 1.85. The second-order valence-electron chi connectivity index (χ2n) is 7.29. The highest BCUT2D eigenvalue weighted by atomic mass is 15.2. The molecule has 0 aromatic carbocycles. The number of aromatic nitrogens is 1. The van der Waals surface area contributed by atoms with Crippen molar-refractivity contribution in [3.8, 4) is 0 Å². The number of likely N-dealkylation sites (tertiary alicyclic amines) is 1. The first-order valence-electron chi connectivity index (χ1n) is 7.88. The average Bonchev–Trinajstić information content (AvgIpc) is 2.87. The van der Waals surface area contributed by atoms with Crippen molar-refractivity contribution in [1.29, 1.82) is 0 Å². The van der Waals surface area contributed by atoms with Crippen LogP contribution in [0.15, 0.2) is 24.4 Å². The van der Waals surface area contributed by atoms with Crippen molar-refractivity contribution in [3.05, 3.63) is 35.7 Å². The molecule has 0 aliphatic carbocycles. The SMILES string of the molecule is CN(C)C1CCN(C/C=C/c2ccc(C(C)(C)C)cn2)C1. The summed E-state index contributed by atoms with van der Waals surface area (Å²) in [5.74, 6) is 0. The lowest BCUT2D eigenvalue weighted by atomic mass is 9.88. The van der Waals surface area contributed by atoms with Gasteiger partial charge in [0, 0.05) is 31.9 Å². The van der Waals surface area contributed by atoms with E-state index >= 15 is 0 Å². The van der Waals surface area contributed by atoms with Gasteiger partial charge in [0.25, 0.3) is 0 Å². The number of pyridine rings is 1. The molecule has 0 N–H and O–H groups in total. The lowest BCUT2D eigenvalue weighted by molar-refractivity contribution is 0.280. The van der Waals surface area contributed by atoms with Crippen molar-refractivity contribution in [2.75, 3.05) is 33.7 Å². The molecule has 1 atom stereocenters. The van der Waals surface area contributed by atoms with Gasteiger partial charge in [0.1, 0.15) is 0 Å². The van der Waals surface area contributed by atoms with Gasteiger partial charge in [-0.05, 0) is 43.6 Å². The van der Waals surface area contributed by atoms with E-state index < -0.39 is 0 Å². The van der Waals surface area contributed by atoms with Crippen LogP contribution in [0.5, 0.6) is 0 Å². The molecular formula is C18H29N3. The maximum atomic E-state index is 4.54. The molecule has 1 aromatic rings. The molecule has 2 heterocycles. The van der Waals surface area contributed by atoms with Crippen LogP contribution in [-0.4, -0.2) is 54.6 Å². The van der Waals surface area contributed by atoms with Gasteiger partial charge in [-0.25, -0.2) is 0 Å². The fraction of sp³-hybridized carbons (Fsp3) is 0.611. The number of hydrogen-bond acceptors (Lipinski definition) is 3. The van der Waals surface area contributed by atoms with E-state index in [1.165, 1.54) is 25.1 Å². The van der Waals surface area contributed by atoms with Crippen molar-refractivity contribution in [2.45, 2.75) is 38.6 Å². The van der Waals surface area contributed by atoms with E-state index in [0.29, 0.717) is 6.04 Å². The number of nitrogens with zero attached hydrogens (tertiary/aromatic N) is 3. The third kappa shape index (κ3) is 4.65. The molecule has 0 amide bonds. The highest BCUT2D eigenvalue weighted by Gasteiger charge is 2.22. The average molecular weight is 287 g/mol. The Bertz CT molecular complexity index is 468. The predicted molar refractivity (Wildman–Crippen MR) is 90.5 cm³/mol. The van der Waals surface area contributed by atoms with Crippen molar-refractivity contribution < 1.29 is 0 Å². The van der Waals surface area contributed by atoms with Crippen LogP contribution in [0, 0.1) is 0 Å². The van der Waals surface area contributed by atoms with Crippen LogP contribution in [-0.2, 0) is 5.41 Å². The Morgan fingerprint density at radius 3 is 2.62 bits per heavy atom. The zero-order valence-corrected chi connectivity index (χ0v) is 14.1. The van der Waals surface area contributed by atoms with Crippen LogP contribution in [0.4, 0.5) is 0 Å². The minimum Gasteiger partial charge on any atom is -0.305 e. The van der Waals surface area contributed by atoms with E-state index in [1.54, 1.807) is 0 Å². The summed E-state index contributed by atoms with van der Waals surface area (Å²) in [6, 6.07) is 5.01. The molecule has 1 aliphatic heterocycles. The van der Waals surface area contributed by atoms with E-state index in [0.717, 1.165) is 12.2 Å². The van der Waals surface area contributed by atoms with Crippen LogP contribution in [0.3, 0.4) is 0 Å². The highest BCUT2D eigenvalue weighted by Crippen LogP contribution is 2.21. The summed E-state index contributed by atoms with van der Waals surface area (Å²) in [7, 11) is 4.34. The minimum absolute atomic E-state index is 0.173. The Morgan fingerprint density at radius 1 is 1.33 bits per heavy atom. The van der Waals surface area contributed by atoms with E-state index in [1.807, 2.05) is 6.20 Å². The molecule has 116 valence electrons. The van der Waals surface area contributed by atoms with Gasteiger partial charge >= 0.3 is 0 Å². The lowest BCUT2D eigenvalue weighted by Gasteiger charge is -2.19. The molecule has 2 rings (SSSR count). The van der Waals surface area contributed by atoms with Crippen LogP contribution < -0.4 is 0 Å². The predicted octanol–water partition coefficient (Wildman–Crippen LogP) is 3.03. The third-order valence-electron chi connectivity index (χ3n) is 4.28. The van der Waals surface area contributed by atoms with Crippen LogP contribution >= 0.6 is 0 Å². The molecule has 0 spiro atoms. The van der Waals surface area contributed by atoms with Crippen molar-refractivity contribution in [1.82, 2.24) is 14.8 Å². The largest absolute Gasteiger partial charge is 0.305 e. The molecule has 1 aliphatic rings. The van der Waals surface area contributed by atoms with E-state index in [-0.39, 0.29) is 5.41 Å².